The van der Waals surface area contributed by atoms with Gasteiger partial charge >= 0.3 is 5.97 Å². The van der Waals surface area contributed by atoms with Crippen LogP contribution in [0.25, 0.3) is 0 Å². The minimum absolute atomic E-state index is 0.000938. The van der Waals surface area contributed by atoms with Crippen LogP contribution in [0.15, 0.2) is 0 Å². The van der Waals surface area contributed by atoms with Crippen molar-refractivity contribution >= 4 is 17.8 Å². The quantitative estimate of drug-likeness (QED) is 0.301. The van der Waals surface area contributed by atoms with Crippen LogP contribution in [0, 0.1) is 11.8 Å². The van der Waals surface area contributed by atoms with Crippen molar-refractivity contribution < 1.29 is 34.1 Å². The van der Waals surface area contributed by atoms with Gasteiger partial charge in [0.1, 0.15) is 18.8 Å². The van der Waals surface area contributed by atoms with Gasteiger partial charge in [-0.25, -0.2) is 0 Å². The lowest BCUT2D eigenvalue weighted by Gasteiger charge is -2.25. The normalized spacial score (nSPS) is 33.6. The molecule has 0 saturated carbocycles. The van der Waals surface area contributed by atoms with E-state index in [2.05, 4.69) is 6.92 Å². The fraction of sp³-hybridized carbons (Fsp3) is 0.850. The highest BCUT2D eigenvalue weighted by atomic mass is 16.6. The van der Waals surface area contributed by atoms with Crippen LogP contribution in [0.4, 0.5) is 0 Å². The van der Waals surface area contributed by atoms with Gasteiger partial charge in [0.25, 0.3) is 0 Å². The van der Waals surface area contributed by atoms with Crippen LogP contribution < -0.4 is 0 Å². The predicted octanol–water partition coefficient (Wildman–Crippen LogP) is 0.774. The second-order valence-electron chi connectivity index (χ2n) is 8.02. The largest absolute Gasteiger partial charge is 0.464 e. The van der Waals surface area contributed by atoms with Gasteiger partial charge in [0, 0.05) is 6.42 Å². The Morgan fingerprint density at radius 2 is 1.50 bits per heavy atom. The van der Waals surface area contributed by atoms with E-state index in [4.69, 9.17) is 9.47 Å². The SMILES string of the molecule is CCCCCCCCCC(=O)OCCN1C(=O)[C@@H]2[C@@H]3O[C@@H]([C@@H](O)[C@H]3O)[C@@H]2C1=O. The number of aliphatic hydroxyl groups excluding tert-OH is 2. The predicted molar refractivity (Wildman–Crippen MR) is 97.9 cm³/mol. The Morgan fingerprint density at radius 3 is 2.07 bits per heavy atom. The number of imide groups is 1. The summed E-state index contributed by atoms with van der Waals surface area (Å²) < 4.78 is 10.6. The van der Waals surface area contributed by atoms with Gasteiger partial charge in [0.2, 0.25) is 11.8 Å². The third kappa shape index (κ3) is 4.09. The second-order valence-corrected chi connectivity index (χ2v) is 8.02. The minimum Gasteiger partial charge on any atom is -0.464 e. The Bertz CT molecular complexity index is 563. The maximum absolute atomic E-state index is 12.5. The van der Waals surface area contributed by atoms with Crippen molar-refractivity contribution in [3.05, 3.63) is 0 Å². The first-order chi connectivity index (χ1) is 13.5. The summed E-state index contributed by atoms with van der Waals surface area (Å²) in [4.78, 5) is 37.9. The first-order valence-electron chi connectivity index (χ1n) is 10.5. The van der Waals surface area contributed by atoms with Gasteiger partial charge in [-0.3, -0.25) is 19.3 Å². The number of hydrogen-bond donors (Lipinski definition) is 2. The second kappa shape index (κ2) is 9.33. The lowest BCUT2D eigenvalue weighted by Crippen LogP contribution is -2.47. The van der Waals surface area contributed by atoms with Gasteiger partial charge in [0.05, 0.1) is 30.6 Å². The monoisotopic (exact) mass is 397 g/mol. The zero-order chi connectivity index (χ0) is 20.3. The zero-order valence-corrected chi connectivity index (χ0v) is 16.4. The zero-order valence-electron chi connectivity index (χ0n) is 16.4. The molecule has 6 atom stereocenters. The van der Waals surface area contributed by atoms with Crippen LogP contribution in [-0.4, -0.2) is 70.5 Å². The van der Waals surface area contributed by atoms with Crippen LogP contribution in [0.1, 0.15) is 58.3 Å². The molecule has 3 aliphatic heterocycles. The Balaban J connectivity index is 1.35. The molecule has 8 nitrogen and oxygen atoms in total. The molecule has 3 heterocycles. The molecule has 0 aromatic carbocycles. The van der Waals surface area contributed by atoms with E-state index >= 15 is 0 Å². The molecule has 0 radical (unpaired) electrons. The molecule has 3 rings (SSSR count). The molecule has 158 valence electrons. The number of rotatable bonds is 11. The lowest BCUT2D eigenvalue weighted by atomic mass is 9.78. The fourth-order valence-corrected chi connectivity index (χ4v) is 4.56. The van der Waals surface area contributed by atoms with Crippen LogP contribution in [0.5, 0.6) is 0 Å². The smallest absolute Gasteiger partial charge is 0.305 e. The highest BCUT2D eigenvalue weighted by Crippen LogP contribution is 2.48. The van der Waals surface area contributed by atoms with E-state index in [-0.39, 0.29) is 19.1 Å². The Kier molecular flexibility index (Phi) is 7.06. The van der Waals surface area contributed by atoms with Crippen molar-refractivity contribution in [2.24, 2.45) is 11.8 Å². The molecule has 8 heteroatoms. The molecular formula is C20H31NO7. The van der Waals surface area contributed by atoms with Crippen molar-refractivity contribution in [2.75, 3.05) is 13.2 Å². The van der Waals surface area contributed by atoms with Gasteiger partial charge in [0.15, 0.2) is 0 Å². The van der Waals surface area contributed by atoms with Gasteiger partial charge in [-0.05, 0) is 6.42 Å². The van der Waals surface area contributed by atoms with Crippen LogP contribution in [0.3, 0.4) is 0 Å². The van der Waals surface area contributed by atoms with E-state index in [1.54, 1.807) is 0 Å². The summed E-state index contributed by atoms with van der Waals surface area (Å²) >= 11 is 0. The number of fused-ring (bicyclic) bond motifs is 5. The molecule has 3 saturated heterocycles. The molecule has 28 heavy (non-hydrogen) atoms. The number of hydrogen-bond acceptors (Lipinski definition) is 7. The van der Waals surface area contributed by atoms with E-state index < -0.39 is 48.1 Å². The van der Waals surface area contributed by atoms with Gasteiger partial charge in [-0.1, -0.05) is 45.4 Å². The Labute approximate surface area is 165 Å². The third-order valence-electron chi connectivity index (χ3n) is 6.10. The topological polar surface area (TPSA) is 113 Å². The summed E-state index contributed by atoms with van der Waals surface area (Å²) in [5, 5.41) is 19.8. The van der Waals surface area contributed by atoms with E-state index in [0.29, 0.717) is 6.42 Å². The van der Waals surface area contributed by atoms with E-state index in [1.165, 1.54) is 25.7 Å². The van der Waals surface area contributed by atoms with Gasteiger partial charge < -0.3 is 19.7 Å². The van der Waals surface area contributed by atoms with Crippen molar-refractivity contribution in [1.82, 2.24) is 4.90 Å². The number of aliphatic hydroxyl groups is 2. The number of esters is 1. The Hall–Kier alpha value is -1.51. The standard InChI is InChI=1S/C20H31NO7/c1-2-3-4-5-6-7-8-9-12(22)27-11-10-21-19(25)13-14(20(21)26)18-16(24)15(23)17(13)28-18/h13-18,23-24H,2-11H2,1H3/t13-,14+,15+,16-,17-,18+. The minimum atomic E-state index is -1.15. The number of nitrogens with zero attached hydrogens (tertiary/aromatic N) is 1. The molecule has 0 aromatic rings. The highest BCUT2D eigenvalue weighted by Gasteiger charge is 2.68. The average Bonchev–Trinajstić information content (AvgIpc) is 3.27. The molecule has 0 aromatic heterocycles. The summed E-state index contributed by atoms with van der Waals surface area (Å²) in [6, 6.07) is 0. The molecule has 0 unspecified atom stereocenters. The summed E-state index contributed by atoms with van der Waals surface area (Å²) in [6.07, 6.45) is 4.16. The molecule has 0 aliphatic carbocycles. The van der Waals surface area contributed by atoms with E-state index in [0.717, 1.165) is 24.2 Å². The van der Waals surface area contributed by atoms with Crippen molar-refractivity contribution in [3.8, 4) is 0 Å². The van der Waals surface area contributed by atoms with E-state index in [9.17, 15) is 24.6 Å². The van der Waals surface area contributed by atoms with Crippen LogP contribution in [0.2, 0.25) is 0 Å². The maximum atomic E-state index is 12.5. The molecular weight excluding hydrogens is 366 g/mol. The van der Waals surface area contributed by atoms with Gasteiger partial charge in [-0.2, -0.15) is 0 Å². The van der Waals surface area contributed by atoms with Crippen molar-refractivity contribution in [1.29, 1.82) is 0 Å². The van der Waals surface area contributed by atoms with Gasteiger partial charge in [-0.15, -0.1) is 0 Å². The number of carbonyl (C=O) groups excluding carboxylic acids is 3. The van der Waals surface area contributed by atoms with Crippen molar-refractivity contribution in [2.45, 2.75) is 82.7 Å². The number of carbonyl (C=O) groups is 3. The number of amides is 2. The maximum Gasteiger partial charge on any atom is 0.305 e. The Morgan fingerprint density at radius 1 is 0.964 bits per heavy atom. The van der Waals surface area contributed by atoms with E-state index in [1.807, 2.05) is 0 Å². The van der Waals surface area contributed by atoms with Crippen LogP contribution in [-0.2, 0) is 23.9 Å². The summed E-state index contributed by atoms with van der Waals surface area (Å²) in [5.41, 5.74) is 0. The molecule has 2 N–H and O–H groups in total. The molecule has 3 fully saturated rings. The summed E-state index contributed by atoms with van der Waals surface area (Å²) in [6.45, 7) is 2.14. The van der Waals surface area contributed by atoms with Crippen molar-refractivity contribution in [3.63, 3.8) is 0 Å². The number of likely N-dealkylation sites (tertiary alicyclic amines) is 1. The number of ether oxygens (including phenoxy) is 2. The molecule has 2 bridgehead atoms. The fourth-order valence-electron chi connectivity index (χ4n) is 4.56. The number of unbranched alkanes of at least 4 members (excludes halogenated alkanes) is 6. The third-order valence-corrected chi connectivity index (χ3v) is 6.10. The lowest BCUT2D eigenvalue weighted by molar-refractivity contribution is -0.150. The first-order valence-corrected chi connectivity index (χ1v) is 10.5. The highest BCUT2D eigenvalue weighted by molar-refractivity contribution is 6.06. The average molecular weight is 397 g/mol. The first kappa shape index (κ1) is 21.2. The summed E-state index contributed by atoms with van der Waals surface area (Å²) in [7, 11) is 0. The van der Waals surface area contributed by atoms with Crippen LogP contribution >= 0.6 is 0 Å². The molecule has 2 amide bonds. The molecule has 3 aliphatic rings. The summed E-state index contributed by atoms with van der Waals surface area (Å²) in [5.74, 6) is -2.66. The molecule has 0 spiro atoms.